The van der Waals surface area contributed by atoms with Crippen LogP contribution in [0.2, 0.25) is 0 Å². The zero-order valence-electron chi connectivity index (χ0n) is 15.1. The lowest BCUT2D eigenvalue weighted by Gasteiger charge is -2.36. The van der Waals surface area contributed by atoms with Gasteiger partial charge in [0.25, 0.3) is 0 Å². The number of ether oxygens (including phenoxy) is 1. The van der Waals surface area contributed by atoms with E-state index in [1.165, 1.54) is 0 Å². The Hall–Kier alpha value is -1.79. The summed E-state index contributed by atoms with van der Waals surface area (Å²) in [6.07, 6.45) is 0.572. The second kappa shape index (κ2) is 9.49. The van der Waals surface area contributed by atoms with Crippen LogP contribution in [0.25, 0.3) is 0 Å². The second-order valence-electron chi connectivity index (χ2n) is 6.34. The molecule has 6 heteroatoms. The largest absolute Gasteiger partial charge is 0.495 e. The quantitative estimate of drug-likeness (QED) is 0.716. The Morgan fingerprint density at radius 2 is 1.88 bits per heavy atom. The van der Waals surface area contributed by atoms with Crippen molar-refractivity contribution < 1.29 is 9.53 Å². The number of methoxy groups -OCH3 is 1. The number of likely N-dealkylation sites (N-methyl/N-ethyl adjacent to an activating group) is 1. The maximum absolute atomic E-state index is 12.3. The molecular weight excluding hydrogens is 304 g/mol. The smallest absolute Gasteiger partial charge is 0.223 e. The minimum absolute atomic E-state index is 0.243. The van der Waals surface area contributed by atoms with Crippen molar-refractivity contribution in [3.05, 3.63) is 24.3 Å². The van der Waals surface area contributed by atoms with Crippen LogP contribution in [0.5, 0.6) is 5.75 Å². The third-order valence-electron chi connectivity index (χ3n) is 4.31. The van der Waals surface area contributed by atoms with Gasteiger partial charge in [-0.2, -0.15) is 0 Å². The summed E-state index contributed by atoms with van der Waals surface area (Å²) >= 11 is 0. The molecule has 1 amide bonds. The molecule has 0 aliphatic carbocycles. The molecule has 0 spiro atoms. The molecule has 0 aromatic heterocycles. The van der Waals surface area contributed by atoms with Gasteiger partial charge in [0.15, 0.2) is 0 Å². The topological polar surface area (TPSA) is 48.1 Å². The molecule has 0 atom stereocenters. The Balaban J connectivity index is 1.73. The Bertz CT molecular complexity index is 513. The lowest BCUT2D eigenvalue weighted by molar-refractivity contribution is -0.131. The van der Waals surface area contributed by atoms with Crippen molar-refractivity contribution in [3.63, 3.8) is 0 Å². The van der Waals surface area contributed by atoms with Crippen molar-refractivity contribution in [2.24, 2.45) is 0 Å². The molecule has 0 bridgehead atoms. The number of piperazine rings is 1. The summed E-state index contributed by atoms with van der Waals surface area (Å²) in [5.41, 5.74) is 1.11. The molecule has 1 aromatic carbocycles. The third-order valence-corrected chi connectivity index (χ3v) is 4.31. The van der Waals surface area contributed by atoms with E-state index < -0.39 is 0 Å². The summed E-state index contributed by atoms with van der Waals surface area (Å²) in [4.78, 5) is 18.7. The van der Waals surface area contributed by atoms with Crippen LogP contribution < -0.4 is 15.0 Å². The molecule has 0 unspecified atom stereocenters. The van der Waals surface area contributed by atoms with Gasteiger partial charge < -0.3 is 24.8 Å². The Morgan fingerprint density at radius 1 is 1.17 bits per heavy atom. The number of nitrogens with one attached hydrogen (secondary N) is 1. The van der Waals surface area contributed by atoms with Gasteiger partial charge in [0.05, 0.1) is 12.8 Å². The van der Waals surface area contributed by atoms with Crippen LogP contribution in [0.1, 0.15) is 6.42 Å². The Labute approximate surface area is 145 Å². The summed E-state index contributed by atoms with van der Waals surface area (Å²) < 4.78 is 5.43. The molecule has 134 valence electrons. The fourth-order valence-corrected chi connectivity index (χ4v) is 2.87. The maximum Gasteiger partial charge on any atom is 0.223 e. The molecule has 0 radical (unpaired) electrons. The minimum atomic E-state index is 0.243. The molecule has 1 aromatic rings. The van der Waals surface area contributed by atoms with Gasteiger partial charge in [0.2, 0.25) is 5.91 Å². The van der Waals surface area contributed by atoms with Gasteiger partial charge in [-0.05, 0) is 26.2 Å². The van der Waals surface area contributed by atoms with Crippen molar-refractivity contribution in [2.75, 3.05) is 71.9 Å². The van der Waals surface area contributed by atoms with E-state index in [0.29, 0.717) is 6.42 Å². The molecule has 1 fully saturated rings. The molecule has 6 nitrogen and oxygen atoms in total. The highest BCUT2D eigenvalue weighted by Crippen LogP contribution is 2.28. The van der Waals surface area contributed by atoms with Gasteiger partial charge in [0, 0.05) is 52.2 Å². The molecule has 1 N–H and O–H groups in total. The number of carbonyl (C=O) groups is 1. The Kier molecular flexibility index (Phi) is 7.34. The van der Waals surface area contributed by atoms with Crippen LogP contribution in [-0.2, 0) is 4.79 Å². The van der Waals surface area contributed by atoms with Crippen molar-refractivity contribution in [2.45, 2.75) is 6.42 Å². The number of benzene rings is 1. The van der Waals surface area contributed by atoms with E-state index in [-0.39, 0.29) is 5.91 Å². The number of carbonyl (C=O) groups excluding carboxylic acids is 1. The van der Waals surface area contributed by atoms with Crippen LogP contribution in [0, 0.1) is 0 Å². The number of para-hydroxylation sites is 2. The number of nitrogens with zero attached hydrogens (tertiary/aromatic N) is 3. The summed E-state index contributed by atoms with van der Waals surface area (Å²) in [6.45, 7) is 5.90. The predicted octanol–water partition coefficient (Wildman–Crippen LogP) is 0.885. The number of hydrogen-bond donors (Lipinski definition) is 1. The first-order valence-electron chi connectivity index (χ1n) is 8.63. The van der Waals surface area contributed by atoms with E-state index in [2.05, 4.69) is 21.2 Å². The van der Waals surface area contributed by atoms with Crippen LogP contribution in [0.3, 0.4) is 0 Å². The van der Waals surface area contributed by atoms with Crippen LogP contribution in [0.4, 0.5) is 5.69 Å². The zero-order chi connectivity index (χ0) is 17.4. The standard InChI is InChI=1S/C18H30N4O2/c1-20(2)11-10-19-9-8-18(23)22-14-12-21(13-15-22)16-6-4-5-7-17(16)24-3/h4-7,19H,8-15H2,1-3H3. The number of anilines is 1. The number of rotatable bonds is 8. The number of amides is 1. The molecule has 1 heterocycles. The average Bonchev–Trinajstić information content (AvgIpc) is 2.61. The lowest BCUT2D eigenvalue weighted by Crippen LogP contribution is -2.49. The normalized spacial score (nSPS) is 15.0. The summed E-state index contributed by atoms with van der Waals surface area (Å²) in [6, 6.07) is 8.05. The van der Waals surface area contributed by atoms with Crippen molar-refractivity contribution in [1.29, 1.82) is 0 Å². The van der Waals surface area contributed by atoms with E-state index in [4.69, 9.17) is 4.74 Å². The fraction of sp³-hybridized carbons (Fsp3) is 0.611. The first kappa shape index (κ1) is 18.5. The van der Waals surface area contributed by atoms with Gasteiger partial charge in [0.1, 0.15) is 5.75 Å². The highest BCUT2D eigenvalue weighted by atomic mass is 16.5. The van der Waals surface area contributed by atoms with Crippen molar-refractivity contribution in [3.8, 4) is 5.75 Å². The molecule has 2 rings (SSSR count). The summed E-state index contributed by atoms with van der Waals surface area (Å²) in [5.74, 6) is 1.13. The SMILES string of the molecule is COc1ccccc1N1CCN(C(=O)CCNCCN(C)C)CC1. The highest BCUT2D eigenvalue weighted by molar-refractivity contribution is 5.76. The lowest BCUT2D eigenvalue weighted by atomic mass is 10.2. The molecule has 1 aliphatic rings. The van der Waals surface area contributed by atoms with Crippen LogP contribution >= 0.6 is 0 Å². The predicted molar refractivity (Wildman–Crippen MR) is 97.8 cm³/mol. The van der Waals surface area contributed by atoms with Crippen molar-refractivity contribution in [1.82, 2.24) is 15.1 Å². The summed E-state index contributed by atoms with van der Waals surface area (Å²) in [5, 5.41) is 3.32. The van der Waals surface area contributed by atoms with Crippen LogP contribution in [-0.4, -0.2) is 82.7 Å². The van der Waals surface area contributed by atoms with E-state index in [1.54, 1.807) is 7.11 Å². The zero-order valence-corrected chi connectivity index (χ0v) is 15.1. The fourth-order valence-electron chi connectivity index (χ4n) is 2.87. The van der Waals surface area contributed by atoms with E-state index in [9.17, 15) is 4.79 Å². The van der Waals surface area contributed by atoms with Gasteiger partial charge in [-0.3, -0.25) is 4.79 Å². The number of hydrogen-bond acceptors (Lipinski definition) is 5. The van der Waals surface area contributed by atoms with Crippen LogP contribution in [0.15, 0.2) is 24.3 Å². The van der Waals surface area contributed by atoms with Gasteiger partial charge in [-0.25, -0.2) is 0 Å². The average molecular weight is 334 g/mol. The molecular formula is C18H30N4O2. The first-order valence-corrected chi connectivity index (χ1v) is 8.63. The Morgan fingerprint density at radius 3 is 2.54 bits per heavy atom. The molecule has 1 aliphatic heterocycles. The third kappa shape index (κ3) is 5.39. The second-order valence-corrected chi connectivity index (χ2v) is 6.34. The molecule has 1 saturated heterocycles. The van der Waals surface area contributed by atoms with E-state index in [0.717, 1.165) is 57.3 Å². The highest BCUT2D eigenvalue weighted by Gasteiger charge is 2.22. The minimum Gasteiger partial charge on any atom is -0.495 e. The monoisotopic (exact) mass is 334 g/mol. The first-order chi connectivity index (χ1) is 11.6. The molecule has 0 saturated carbocycles. The maximum atomic E-state index is 12.3. The van der Waals surface area contributed by atoms with Crippen molar-refractivity contribution >= 4 is 11.6 Å². The molecule has 24 heavy (non-hydrogen) atoms. The van der Waals surface area contributed by atoms with Gasteiger partial charge in [-0.1, -0.05) is 12.1 Å². The summed E-state index contributed by atoms with van der Waals surface area (Å²) in [7, 11) is 5.80. The van der Waals surface area contributed by atoms with Gasteiger partial charge in [-0.15, -0.1) is 0 Å². The van der Waals surface area contributed by atoms with E-state index in [1.807, 2.05) is 37.2 Å². The van der Waals surface area contributed by atoms with Gasteiger partial charge >= 0.3 is 0 Å². The van der Waals surface area contributed by atoms with E-state index >= 15 is 0 Å².